The monoisotopic (exact) mass is 241 g/mol. The molecule has 2 heteroatoms. The Hall–Kier alpha value is -1.67. The van der Waals surface area contributed by atoms with Crippen molar-refractivity contribution < 1.29 is 4.39 Å². The van der Waals surface area contributed by atoms with Crippen molar-refractivity contribution in [3.05, 3.63) is 71.0 Å². The summed E-state index contributed by atoms with van der Waals surface area (Å²) in [5.41, 5.74) is 3.55. The van der Waals surface area contributed by atoms with E-state index in [1.165, 1.54) is 17.2 Å². The number of fused-ring (bicyclic) bond motifs is 1. The zero-order valence-corrected chi connectivity index (χ0v) is 10.2. The number of hydrogen-bond donors (Lipinski definition) is 1. The Kier molecular flexibility index (Phi) is 3.11. The van der Waals surface area contributed by atoms with Crippen LogP contribution in [0.15, 0.2) is 48.5 Å². The highest BCUT2D eigenvalue weighted by Crippen LogP contribution is 2.19. The summed E-state index contributed by atoms with van der Waals surface area (Å²) >= 11 is 0. The van der Waals surface area contributed by atoms with E-state index in [2.05, 4.69) is 29.6 Å². The highest BCUT2D eigenvalue weighted by molar-refractivity contribution is 5.30. The average Bonchev–Trinajstić information content (AvgIpc) is 2.41. The summed E-state index contributed by atoms with van der Waals surface area (Å²) in [6, 6.07) is 15.8. The van der Waals surface area contributed by atoms with Crippen molar-refractivity contribution in [2.24, 2.45) is 0 Å². The second-order valence-electron chi connectivity index (χ2n) is 4.85. The van der Waals surface area contributed by atoms with Crippen LogP contribution in [0, 0.1) is 5.82 Å². The third-order valence-corrected chi connectivity index (χ3v) is 3.59. The van der Waals surface area contributed by atoms with E-state index in [1.54, 1.807) is 6.07 Å². The Morgan fingerprint density at radius 1 is 1.00 bits per heavy atom. The van der Waals surface area contributed by atoms with Gasteiger partial charge in [-0.2, -0.15) is 0 Å². The average molecular weight is 241 g/mol. The maximum Gasteiger partial charge on any atom is 0.126 e. The molecular formula is C16H16FN. The molecule has 1 heterocycles. The molecular weight excluding hydrogens is 225 g/mol. The molecule has 1 unspecified atom stereocenters. The fraction of sp³-hybridized carbons (Fsp3) is 0.250. The van der Waals surface area contributed by atoms with E-state index in [9.17, 15) is 4.39 Å². The molecule has 0 saturated carbocycles. The van der Waals surface area contributed by atoms with Crippen LogP contribution in [0.2, 0.25) is 0 Å². The van der Waals surface area contributed by atoms with Crippen LogP contribution in [0.5, 0.6) is 0 Å². The van der Waals surface area contributed by atoms with Crippen molar-refractivity contribution in [3.8, 4) is 0 Å². The summed E-state index contributed by atoms with van der Waals surface area (Å²) in [5.74, 6) is -0.0989. The Labute approximate surface area is 107 Å². The van der Waals surface area contributed by atoms with E-state index in [0.29, 0.717) is 6.04 Å². The largest absolute Gasteiger partial charge is 0.309 e. The smallest absolute Gasteiger partial charge is 0.126 e. The van der Waals surface area contributed by atoms with Crippen molar-refractivity contribution in [1.29, 1.82) is 0 Å². The summed E-state index contributed by atoms with van der Waals surface area (Å²) in [5, 5.41) is 3.48. The normalized spacial score (nSPS) is 18.4. The van der Waals surface area contributed by atoms with Crippen molar-refractivity contribution >= 4 is 0 Å². The molecule has 92 valence electrons. The quantitative estimate of drug-likeness (QED) is 0.852. The highest BCUT2D eigenvalue weighted by atomic mass is 19.1. The van der Waals surface area contributed by atoms with Gasteiger partial charge in [0.25, 0.3) is 0 Å². The molecule has 1 aliphatic rings. The van der Waals surface area contributed by atoms with Gasteiger partial charge < -0.3 is 5.32 Å². The van der Waals surface area contributed by atoms with E-state index in [0.717, 1.165) is 24.9 Å². The Morgan fingerprint density at radius 2 is 1.72 bits per heavy atom. The van der Waals surface area contributed by atoms with Gasteiger partial charge in [-0.05, 0) is 35.6 Å². The van der Waals surface area contributed by atoms with Gasteiger partial charge in [0.05, 0.1) is 0 Å². The number of halogens is 1. The van der Waals surface area contributed by atoms with E-state index in [4.69, 9.17) is 0 Å². The van der Waals surface area contributed by atoms with Crippen LogP contribution >= 0.6 is 0 Å². The van der Waals surface area contributed by atoms with Crippen molar-refractivity contribution in [1.82, 2.24) is 5.32 Å². The topological polar surface area (TPSA) is 12.0 Å². The number of benzene rings is 2. The van der Waals surface area contributed by atoms with Gasteiger partial charge >= 0.3 is 0 Å². The molecule has 0 aliphatic carbocycles. The van der Waals surface area contributed by atoms with E-state index < -0.39 is 0 Å². The highest BCUT2D eigenvalue weighted by Gasteiger charge is 2.18. The lowest BCUT2D eigenvalue weighted by Gasteiger charge is -2.26. The van der Waals surface area contributed by atoms with Gasteiger partial charge in [-0.15, -0.1) is 0 Å². The summed E-state index contributed by atoms with van der Waals surface area (Å²) in [4.78, 5) is 0. The zero-order valence-electron chi connectivity index (χ0n) is 10.2. The number of rotatable bonds is 2. The maximum absolute atomic E-state index is 13.6. The molecule has 0 radical (unpaired) electrons. The van der Waals surface area contributed by atoms with Crippen molar-refractivity contribution in [2.75, 3.05) is 0 Å². The molecule has 1 atom stereocenters. The van der Waals surface area contributed by atoms with Gasteiger partial charge in [0, 0.05) is 12.6 Å². The van der Waals surface area contributed by atoms with E-state index in [1.807, 2.05) is 12.1 Å². The molecule has 3 rings (SSSR count). The second kappa shape index (κ2) is 4.91. The fourth-order valence-corrected chi connectivity index (χ4v) is 2.59. The predicted octanol–water partition coefficient (Wildman–Crippen LogP) is 3.08. The van der Waals surface area contributed by atoms with Crippen LogP contribution in [-0.2, 0) is 19.4 Å². The van der Waals surface area contributed by atoms with E-state index in [-0.39, 0.29) is 5.82 Å². The molecule has 1 N–H and O–H groups in total. The van der Waals surface area contributed by atoms with Gasteiger partial charge in [0.1, 0.15) is 5.82 Å². The first-order chi connectivity index (χ1) is 8.83. The standard InChI is InChI=1S/C16H16FN/c17-16-8-4-3-6-13(16)10-15-9-12-5-1-2-7-14(12)11-18-15/h1-8,15,18H,9-11H2. The molecule has 1 nitrogen and oxygen atoms in total. The van der Waals surface area contributed by atoms with Crippen LogP contribution in [0.4, 0.5) is 4.39 Å². The minimum Gasteiger partial charge on any atom is -0.309 e. The molecule has 0 fully saturated rings. The van der Waals surface area contributed by atoms with E-state index >= 15 is 0 Å². The number of nitrogens with one attached hydrogen (secondary N) is 1. The fourth-order valence-electron chi connectivity index (χ4n) is 2.59. The lowest BCUT2D eigenvalue weighted by Crippen LogP contribution is -2.37. The summed E-state index contributed by atoms with van der Waals surface area (Å²) < 4.78 is 13.6. The van der Waals surface area contributed by atoms with Crippen LogP contribution in [0.25, 0.3) is 0 Å². The molecule has 2 aromatic rings. The molecule has 0 amide bonds. The van der Waals surface area contributed by atoms with Crippen LogP contribution in [0.1, 0.15) is 16.7 Å². The minimum atomic E-state index is -0.0989. The van der Waals surface area contributed by atoms with Crippen molar-refractivity contribution in [3.63, 3.8) is 0 Å². The summed E-state index contributed by atoms with van der Waals surface area (Å²) in [7, 11) is 0. The third kappa shape index (κ3) is 2.29. The maximum atomic E-state index is 13.6. The first-order valence-corrected chi connectivity index (χ1v) is 6.36. The molecule has 0 spiro atoms. The molecule has 0 saturated heterocycles. The molecule has 0 bridgehead atoms. The minimum absolute atomic E-state index is 0.0989. The van der Waals surface area contributed by atoms with Gasteiger partial charge in [-0.3, -0.25) is 0 Å². The van der Waals surface area contributed by atoms with Crippen LogP contribution < -0.4 is 5.32 Å². The molecule has 1 aliphatic heterocycles. The Balaban J connectivity index is 1.75. The van der Waals surface area contributed by atoms with Crippen molar-refractivity contribution in [2.45, 2.75) is 25.4 Å². The summed E-state index contributed by atoms with van der Waals surface area (Å²) in [6.07, 6.45) is 1.73. The van der Waals surface area contributed by atoms with Gasteiger partial charge in [0.15, 0.2) is 0 Å². The second-order valence-corrected chi connectivity index (χ2v) is 4.85. The zero-order chi connectivity index (χ0) is 12.4. The Morgan fingerprint density at radius 3 is 2.56 bits per heavy atom. The molecule has 18 heavy (non-hydrogen) atoms. The van der Waals surface area contributed by atoms with Gasteiger partial charge in [-0.1, -0.05) is 42.5 Å². The molecule has 0 aromatic heterocycles. The Bertz CT molecular complexity index is 550. The first kappa shape index (κ1) is 11.4. The third-order valence-electron chi connectivity index (χ3n) is 3.59. The predicted molar refractivity (Wildman–Crippen MR) is 70.9 cm³/mol. The molecule has 2 aromatic carbocycles. The lowest BCUT2D eigenvalue weighted by molar-refractivity contribution is 0.467. The van der Waals surface area contributed by atoms with Crippen LogP contribution in [-0.4, -0.2) is 6.04 Å². The van der Waals surface area contributed by atoms with Crippen LogP contribution in [0.3, 0.4) is 0 Å². The number of hydrogen-bond acceptors (Lipinski definition) is 1. The summed E-state index contributed by atoms with van der Waals surface area (Å²) in [6.45, 7) is 0.884. The SMILES string of the molecule is Fc1ccccc1CC1Cc2ccccc2CN1. The first-order valence-electron chi connectivity index (χ1n) is 6.36. The lowest BCUT2D eigenvalue weighted by atomic mass is 9.92. The van der Waals surface area contributed by atoms with Gasteiger partial charge in [-0.25, -0.2) is 4.39 Å². The van der Waals surface area contributed by atoms with Gasteiger partial charge in [0.2, 0.25) is 0 Å².